The third-order valence-electron chi connectivity index (χ3n) is 6.24. The molecule has 0 aliphatic carbocycles. The van der Waals surface area contributed by atoms with Gasteiger partial charge in [-0.2, -0.15) is 0 Å². The van der Waals surface area contributed by atoms with Crippen LogP contribution in [0, 0.1) is 24.3 Å². The van der Waals surface area contributed by atoms with E-state index in [0.29, 0.717) is 0 Å². The Morgan fingerprint density at radius 1 is 0.815 bits per heavy atom. The quantitative estimate of drug-likeness (QED) is 0.137. The van der Waals surface area contributed by atoms with Crippen LogP contribution in [0.2, 0.25) is 0 Å². The third kappa shape index (κ3) is 1.78. The summed E-state index contributed by atoms with van der Waals surface area (Å²) in [6.45, 7) is 6.68. The second kappa shape index (κ2) is 5.10. The molecule has 0 aliphatic heterocycles. The molecule has 3 heteroatoms. The van der Waals surface area contributed by atoms with Crippen LogP contribution in [0.5, 0.6) is 0 Å². The van der Waals surface area contributed by atoms with Crippen LogP contribution in [-0.2, 0) is 0 Å². The van der Waals surface area contributed by atoms with Crippen LogP contribution in [0.4, 0.5) is 0 Å². The van der Waals surface area contributed by atoms with Gasteiger partial charge in [0.05, 0.1) is 22.1 Å². The van der Waals surface area contributed by atoms with E-state index in [1.165, 1.54) is 63.7 Å². The van der Waals surface area contributed by atoms with E-state index in [0.717, 1.165) is 5.52 Å². The summed E-state index contributed by atoms with van der Waals surface area (Å²) in [5.74, 6) is 0. The minimum Gasteiger partial charge on any atom is -0.308 e. The Morgan fingerprint density at radius 3 is 2.44 bits per heavy atom. The summed E-state index contributed by atoms with van der Waals surface area (Å²) in [5.41, 5.74) is 9.01. The first-order valence-corrected chi connectivity index (χ1v) is 10.3. The fourth-order valence-corrected chi connectivity index (χ4v) is 5.31. The zero-order valence-electron chi connectivity index (χ0n) is 15.4. The van der Waals surface area contributed by atoms with E-state index < -0.39 is 0 Å². The average molecular weight is 460 g/mol. The van der Waals surface area contributed by atoms with Gasteiger partial charge in [-0.25, -0.2) is 0 Å². The summed E-state index contributed by atoms with van der Waals surface area (Å²) in [6.07, 6.45) is 2.01. The molecule has 0 unspecified atom stereocenters. The summed E-state index contributed by atoms with van der Waals surface area (Å²) in [7, 11) is 0. The molecule has 0 saturated carbocycles. The Kier molecular flexibility index (Phi) is 2.96. The van der Waals surface area contributed by atoms with E-state index in [1.54, 1.807) is 0 Å². The van der Waals surface area contributed by atoms with Crippen LogP contribution in [0.25, 0.3) is 49.0 Å². The second-order valence-corrected chi connectivity index (χ2v) is 8.69. The topological polar surface area (TPSA) is 17.3 Å². The Hall–Kier alpha value is -2.40. The number of fused-ring (bicyclic) bond motifs is 6. The number of rotatable bonds is 0. The lowest BCUT2D eigenvalue weighted by atomic mass is 9.96. The van der Waals surface area contributed by atoms with Crippen molar-refractivity contribution in [2.24, 2.45) is 0 Å². The Bertz CT molecular complexity index is 1560. The molecule has 0 saturated heterocycles. The van der Waals surface area contributed by atoms with E-state index in [1.807, 2.05) is 6.20 Å². The lowest BCUT2D eigenvalue weighted by Crippen LogP contribution is -1.99. The number of para-hydroxylation sites is 1. The molecule has 0 fully saturated rings. The predicted octanol–water partition coefficient (Wildman–Crippen LogP) is 6.91. The zero-order chi connectivity index (χ0) is 18.4. The Balaban J connectivity index is 2.15. The fraction of sp³-hybridized carbons (Fsp3) is 0.125. The largest absolute Gasteiger partial charge is 0.308 e. The second-order valence-electron chi connectivity index (χ2n) is 7.53. The van der Waals surface area contributed by atoms with Crippen molar-refractivity contribution in [3.8, 4) is 0 Å². The van der Waals surface area contributed by atoms with Gasteiger partial charge in [0.15, 0.2) is 0 Å². The number of nitrogens with zero attached hydrogens (tertiary/aromatic N) is 2. The standard InChI is InChI=1S/C24H17IN2/c1-12-10-18-22-21-17(19(25)11-26-22)9-8-16-15-6-4-5-7-20(15)27(24(16)21)23(18)14(3)13(12)2/h4-11H,1-3H3. The van der Waals surface area contributed by atoms with Crippen LogP contribution in [-0.4, -0.2) is 9.38 Å². The number of hydrogen-bond donors (Lipinski definition) is 0. The van der Waals surface area contributed by atoms with Gasteiger partial charge in [0.2, 0.25) is 0 Å². The molecule has 0 bridgehead atoms. The Labute approximate surface area is 170 Å². The highest BCUT2D eigenvalue weighted by Gasteiger charge is 2.21. The number of benzene rings is 3. The molecule has 0 aliphatic rings. The molecule has 0 spiro atoms. The number of pyridine rings is 2. The monoisotopic (exact) mass is 460 g/mol. The zero-order valence-corrected chi connectivity index (χ0v) is 17.5. The van der Waals surface area contributed by atoms with Crippen molar-refractivity contribution in [2.75, 3.05) is 0 Å². The van der Waals surface area contributed by atoms with Gasteiger partial charge in [-0.15, -0.1) is 0 Å². The summed E-state index contributed by atoms with van der Waals surface area (Å²) in [5, 5.41) is 6.44. The minimum absolute atomic E-state index is 1.12. The first-order chi connectivity index (χ1) is 13.1. The van der Waals surface area contributed by atoms with Gasteiger partial charge in [0, 0.05) is 36.7 Å². The summed E-state index contributed by atoms with van der Waals surface area (Å²) in [4.78, 5) is 4.92. The molecule has 3 aromatic heterocycles. The van der Waals surface area contributed by atoms with Gasteiger partial charge in [-0.1, -0.05) is 30.3 Å². The fourth-order valence-electron chi connectivity index (χ4n) is 4.73. The Morgan fingerprint density at radius 2 is 1.59 bits per heavy atom. The number of aryl methyl sites for hydroxylation is 2. The van der Waals surface area contributed by atoms with Gasteiger partial charge in [-0.05, 0) is 72.2 Å². The molecule has 0 radical (unpaired) electrons. The van der Waals surface area contributed by atoms with Crippen molar-refractivity contribution >= 4 is 71.6 Å². The lowest BCUT2D eigenvalue weighted by Gasteiger charge is -2.17. The molecule has 130 valence electrons. The van der Waals surface area contributed by atoms with Gasteiger partial charge >= 0.3 is 0 Å². The summed E-state index contributed by atoms with van der Waals surface area (Å²) >= 11 is 2.41. The van der Waals surface area contributed by atoms with Crippen molar-refractivity contribution in [2.45, 2.75) is 20.8 Å². The molecule has 3 heterocycles. The van der Waals surface area contributed by atoms with Crippen molar-refractivity contribution in [3.05, 3.63) is 68.9 Å². The van der Waals surface area contributed by atoms with Gasteiger partial charge in [-0.3, -0.25) is 4.98 Å². The van der Waals surface area contributed by atoms with Crippen LogP contribution in [0.15, 0.2) is 48.7 Å². The third-order valence-corrected chi connectivity index (χ3v) is 7.10. The van der Waals surface area contributed by atoms with Crippen LogP contribution >= 0.6 is 22.6 Å². The smallest absolute Gasteiger partial charge is 0.0823 e. The van der Waals surface area contributed by atoms with E-state index >= 15 is 0 Å². The molecular formula is C24H17IN2. The molecule has 6 aromatic rings. The lowest BCUT2D eigenvalue weighted by molar-refractivity contribution is 1.24. The maximum atomic E-state index is 4.92. The normalized spacial score (nSPS) is 12.4. The van der Waals surface area contributed by atoms with Crippen molar-refractivity contribution in [1.29, 1.82) is 0 Å². The SMILES string of the molecule is Cc1cc2c3ncc(I)c4ccc5c6ccccc6n(c2c(C)c1C)c5c43. The highest BCUT2D eigenvalue weighted by atomic mass is 127. The summed E-state index contributed by atoms with van der Waals surface area (Å²) < 4.78 is 3.68. The van der Waals surface area contributed by atoms with Gasteiger partial charge in [0.25, 0.3) is 0 Å². The molecule has 27 heavy (non-hydrogen) atoms. The molecule has 0 N–H and O–H groups in total. The van der Waals surface area contributed by atoms with E-state index in [-0.39, 0.29) is 0 Å². The number of hydrogen-bond acceptors (Lipinski definition) is 1. The van der Waals surface area contributed by atoms with E-state index in [9.17, 15) is 0 Å². The minimum atomic E-state index is 1.12. The molecular weight excluding hydrogens is 443 g/mol. The highest BCUT2D eigenvalue weighted by molar-refractivity contribution is 14.1. The van der Waals surface area contributed by atoms with Crippen LogP contribution in [0.3, 0.4) is 0 Å². The molecule has 2 nitrogen and oxygen atoms in total. The number of halogens is 1. The van der Waals surface area contributed by atoms with Crippen molar-refractivity contribution in [3.63, 3.8) is 0 Å². The summed E-state index contributed by atoms with van der Waals surface area (Å²) in [6, 6.07) is 15.6. The van der Waals surface area contributed by atoms with Crippen molar-refractivity contribution < 1.29 is 0 Å². The first kappa shape index (κ1) is 15.6. The molecule has 6 rings (SSSR count). The van der Waals surface area contributed by atoms with Gasteiger partial charge in [0.1, 0.15) is 0 Å². The van der Waals surface area contributed by atoms with Crippen LogP contribution < -0.4 is 0 Å². The maximum Gasteiger partial charge on any atom is 0.0823 e. The van der Waals surface area contributed by atoms with E-state index in [2.05, 4.69) is 90.2 Å². The number of aromatic nitrogens is 2. The molecule has 3 aromatic carbocycles. The first-order valence-electron chi connectivity index (χ1n) is 9.20. The molecule has 0 amide bonds. The van der Waals surface area contributed by atoms with Gasteiger partial charge < -0.3 is 4.40 Å². The molecule has 0 atom stereocenters. The van der Waals surface area contributed by atoms with Crippen molar-refractivity contribution in [1.82, 2.24) is 9.38 Å². The average Bonchev–Trinajstić information content (AvgIpc) is 3.01. The highest BCUT2D eigenvalue weighted by Crippen LogP contribution is 2.42. The predicted molar refractivity (Wildman–Crippen MR) is 123 cm³/mol. The van der Waals surface area contributed by atoms with E-state index in [4.69, 9.17) is 4.98 Å². The maximum absolute atomic E-state index is 4.92. The van der Waals surface area contributed by atoms with Crippen LogP contribution in [0.1, 0.15) is 16.7 Å².